The van der Waals surface area contributed by atoms with E-state index in [1.165, 1.54) is 76.6 Å². The van der Waals surface area contributed by atoms with E-state index in [2.05, 4.69) is 68.8 Å². The van der Waals surface area contributed by atoms with Gasteiger partial charge >= 0.3 is 0 Å². The lowest BCUT2D eigenvalue weighted by atomic mass is 9.94. The van der Waals surface area contributed by atoms with Gasteiger partial charge in [0.2, 0.25) is 0 Å². The molecule has 6 rings (SSSR count). The molecule has 33 heavy (non-hydrogen) atoms. The van der Waals surface area contributed by atoms with Gasteiger partial charge in [0.1, 0.15) is 5.65 Å². The van der Waals surface area contributed by atoms with Crippen molar-refractivity contribution in [3.63, 3.8) is 0 Å². The fourth-order valence-electron chi connectivity index (χ4n) is 6.36. The second kappa shape index (κ2) is 7.44. The van der Waals surface area contributed by atoms with Crippen LogP contribution in [0.5, 0.6) is 0 Å². The van der Waals surface area contributed by atoms with Crippen molar-refractivity contribution in [2.75, 3.05) is 0 Å². The second-order valence-corrected chi connectivity index (χ2v) is 10.8. The van der Waals surface area contributed by atoms with Gasteiger partial charge in [-0.25, -0.2) is 4.98 Å². The van der Waals surface area contributed by atoms with Crippen molar-refractivity contribution >= 4 is 16.7 Å². The summed E-state index contributed by atoms with van der Waals surface area (Å²) in [4.78, 5) is 5.19. The monoisotopic (exact) mass is 440 g/mol. The van der Waals surface area contributed by atoms with Crippen LogP contribution < -0.4 is 0 Å². The minimum atomic E-state index is 0.629. The summed E-state index contributed by atoms with van der Waals surface area (Å²) in [5.74, 6) is 1.68. The lowest BCUT2D eigenvalue weighted by Gasteiger charge is -2.23. The summed E-state index contributed by atoms with van der Waals surface area (Å²) in [5, 5.41) is 6.45. The summed E-state index contributed by atoms with van der Waals surface area (Å²) < 4.78 is 4.92. The Morgan fingerprint density at radius 2 is 1.52 bits per heavy atom. The quantitative estimate of drug-likeness (QED) is 0.317. The van der Waals surface area contributed by atoms with Gasteiger partial charge in [0.15, 0.2) is 5.65 Å². The van der Waals surface area contributed by atoms with Crippen LogP contribution in [0.15, 0.2) is 18.2 Å². The lowest BCUT2D eigenvalue weighted by Crippen LogP contribution is -2.18. The number of nitrogens with zero attached hydrogens (tertiary/aromatic N) is 4. The highest BCUT2D eigenvalue weighted by molar-refractivity contribution is 5.90. The van der Waals surface area contributed by atoms with Crippen LogP contribution in [0, 0.1) is 46.5 Å². The van der Waals surface area contributed by atoms with Gasteiger partial charge in [-0.05, 0) is 101 Å². The van der Waals surface area contributed by atoms with Crippen molar-refractivity contribution < 1.29 is 0 Å². The van der Waals surface area contributed by atoms with Gasteiger partial charge in [0, 0.05) is 17.1 Å². The van der Waals surface area contributed by atoms with Crippen molar-refractivity contribution in [3.05, 3.63) is 52.0 Å². The van der Waals surface area contributed by atoms with Crippen LogP contribution in [-0.4, -0.2) is 19.2 Å². The maximum atomic E-state index is 5.19. The molecule has 4 heteroatoms. The average molecular weight is 441 g/mol. The molecule has 0 spiro atoms. The number of hydrogen-bond donors (Lipinski definition) is 0. The van der Waals surface area contributed by atoms with Crippen LogP contribution in [0.1, 0.15) is 78.8 Å². The first-order chi connectivity index (χ1) is 15.9. The predicted molar refractivity (Wildman–Crippen MR) is 136 cm³/mol. The average Bonchev–Trinajstić information content (AvgIpc) is 3.66. The molecule has 4 aromatic rings. The van der Waals surface area contributed by atoms with Gasteiger partial charge in [-0.1, -0.05) is 31.0 Å². The minimum Gasteiger partial charge on any atom is -0.326 e. The summed E-state index contributed by atoms with van der Waals surface area (Å²) in [7, 11) is 0. The zero-order valence-corrected chi connectivity index (χ0v) is 21.0. The molecule has 0 bridgehead atoms. The van der Waals surface area contributed by atoms with Crippen LogP contribution >= 0.6 is 0 Å². The molecule has 2 aliphatic rings. The van der Waals surface area contributed by atoms with Crippen molar-refractivity contribution in [2.45, 2.75) is 86.1 Å². The molecule has 3 heterocycles. The molecule has 3 aromatic heterocycles. The number of fused-ring (bicyclic) bond motifs is 3. The summed E-state index contributed by atoms with van der Waals surface area (Å²) in [6.45, 7) is 13.3. The van der Waals surface area contributed by atoms with E-state index in [4.69, 9.17) is 10.1 Å². The molecular weight excluding hydrogens is 404 g/mol. The number of rotatable bonds is 6. The molecule has 0 radical (unpaired) electrons. The van der Waals surface area contributed by atoms with E-state index in [1.54, 1.807) is 0 Å². The topological polar surface area (TPSA) is 35.1 Å². The Hall–Kier alpha value is -2.62. The molecule has 0 saturated heterocycles. The van der Waals surface area contributed by atoms with Crippen LogP contribution in [0.3, 0.4) is 0 Å². The van der Waals surface area contributed by atoms with Gasteiger partial charge in [-0.2, -0.15) is 9.61 Å². The molecule has 2 fully saturated rings. The number of aromatic nitrogens is 4. The van der Waals surface area contributed by atoms with Crippen LogP contribution in [0.25, 0.3) is 27.8 Å². The van der Waals surface area contributed by atoms with E-state index < -0.39 is 0 Å². The second-order valence-electron chi connectivity index (χ2n) is 10.8. The highest BCUT2D eigenvalue weighted by Crippen LogP contribution is 2.53. The van der Waals surface area contributed by atoms with Gasteiger partial charge in [0.25, 0.3) is 0 Å². The van der Waals surface area contributed by atoms with Crippen molar-refractivity contribution in [1.29, 1.82) is 0 Å². The molecular formula is C29H36N4. The maximum Gasteiger partial charge on any atom is 0.165 e. The molecule has 2 saturated carbocycles. The lowest BCUT2D eigenvalue weighted by molar-refractivity contribution is 0.392. The van der Waals surface area contributed by atoms with E-state index in [0.717, 1.165) is 35.3 Å². The molecule has 0 N–H and O–H groups in total. The SMILES string of the molecule is CCCc1cc2c(C)nc3c(-c4c(C)cc(C)cc4C)c(C)nn3c2n1C(C1CC1)C1CC1. The van der Waals surface area contributed by atoms with E-state index in [1.807, 2.05) is 0 Å². The largest absolute Gasteiger partial charge is 0.326 e. The van der Waals surface area contributed by atoms with E-state index >= 15 is 0 Å². The minimum absolute atomic E-state index is 0.629. The Morgan fingerprint density at radius 1 is 0.879 bits per heavy atom. The molecule has 0 aliphatic heterocycles. The normalized spacial score (nSPS) is 16.6. The summed E-state index contributed by atoms with van der Waals surface area (Å²) >= 11 is 0. The first kappa shape index (κ1) is 20.9. The van der Waals surface area contributed by atoms with Gasteiger partial charge in [0.05, 0.1) is 17.0 Å². The fraction of sp³-hybridized carbons (Fsp3) is 0.517. The smallest absolute Gasteiger partial charge is 0.165 e. The zero-order valence-electron chi connectivity index (χ0n) is 21.0. The molecule has 172 valence electrons. The molecule has 0 unspecified atom stereocenters. The van der Waals surface area contributed by atoms with Gasteiger partial charge in [-0.15, -0.1) is 0 Å². The maximum absolute atomic E-state index is 5.19. The van der Waals surface area contributed by atoms with Crippen molar-refractivity contribution in [1.82, 2.24) is 19.2 Å². The first-order valence-corrected chi connectivity index (χ1v) is 12.9. The highest BCUT2D eigenvalue weighted by atomic mass is 15.3. The highest BCUT2D eigenvalue weighted by Gasteiger charge is 2.44. The van der Waals surface area contributed by atoms with E-state index in [0.29, 0.717) is 6.04 Å². The first-order valence-electron chi connectivity index (χ1n) is 12.9. The van der Waals surface area contributed by atoms with Crippen LogP contribution in [0.2, 0.25) is 0 Å². The van der Waals surface area contributed by atoms with E-state index in [9.17, 15) is 0 Å². The Bertz CT molecular complexity index is 1360. The Kier molecular flexibility index (Phi) is 4.73. The number of aryl methyl sites for hydroxylation is 6. The molecule has 0 amide bonds. The fourth-order valence-corrected chi connectivity index (χ4v) is 6.36. The van der Waals surface area contributed by atoms with Crippen LogP contribution in [0.4, 0.5) is 0 Å². The summed E-state index contributed by atoms with van der Waals surface area (Å²) in [5.41, 5.74) is 12.4. The summed E-state index contributed by atoms with van der Waals surface area (Å²) in [6, 6.07) is 7.63. The predicted octanol–water partition coefficient (Wildman–Crippen LogP) is 7.21. The molecule has 1 aromatic carbocycles. The van der Waals surface area contributed by atoms with Crippen molar-refractivity contribution in [2.24, 2.45) is 11.8 Å². The standard InChI is InChI=1S/C29H36N4/c1-7-8-23-15-24-19(5)30-28-26(25-17(3)13-16(2)14-18(25)4)20(6)31-33(28)29(24)32(23)27(21-9-10-21)22-11-12-22/h13-15,21-22,27H,7-12H2,1-6H3. The van der Waals surface area contributed by atoms with Gasteiger partial charge < -0.3 is 4.57 Å². The molecule has 2 aliphatic carbocycles. The third kappa shape index (κ3) is 3.25. The zero-order chi connectivity index (χ0) is 23.0. The van der Waals surface area contributed by atoms with Crippen LogP contribution in [-0.2, 0) is 6.42 Å². The third-order valence-corrected chi connectivity index (χ3v) is 7.93. The molecule has 0 atom stereocenters. The Morgan fingerprint density at radius 3 is 2.09 bits per heavy atom. The van der Waals surface area contributed by atoms with Gasteiger partial charge in [-0.3, -0.25) is 0 Å². The van der Waals surface area contributed by atoms with E-state index in [-0.39, 0.29) is 0 Å². The number of benzene rings is 1. The molecule has 4 nitrogen and oxygen atoms in total. The van der Waals surface area contributed by atoms with Crippen molar-refractivity contribution in [3.8, 4) is 11.1 Å². The summed E-state index contributed by atoms with van der Waals surface area (Å²) in [6.07, 6.45) is 7.80. The Balaban J connectivity index is 1.69. The number of hydrogen-bond acceptors (Lipinski definition) is 2. The Labute approximate surface area is 197 Å². The third-order valence-electron chi connectivity index (χ3n) is 7.93.